The van der Waals surface area contributed by atoms with E-state index >= 15 is 0 Å². The molecule has 0 saturated heterocycles. The SMILES string of the molecule is NCc1ccc(S(=O)(=O)Nc2cccnc2)c(Br)c1. The molecule has 5 nitrogen and oxygen atoms in total. The molecule has 0 aliphatic heterocycles. The molecule has 0 bridgehead atoms. The van der Waals surface area contributed by atoms with Gasteiger partial charge in [0.1, 0.15) is 4.90 Å². The lowest BCUT2D eigenvalue weighted by atomic mass is 10.2. The van der Waals surface area contributed by atoms with Gasteiger partial charge in [-0.3, -0.25) is 9.71 Å². The van der Waals surface area contributed by atoms with Crippen LogP contribution < -0.4 is 10.5 Å². The Morgan fingerprint density at radius 3 is 2.68 bits per heavy atom. The Morgan fingerprint density at radius 1 is 1.32 bits per heavy atom. The zero-order valence-corrected chi connectivity index (χ0v) is 12.3. The highest BCUT2D eigenvalue weighted by molar-refractivity contribution is 9.10. The molecule has 0 unspecified atom stereocenters. The third kappa shape index (κ3) is 3.31. The van der Waals surface area contributed by atoms with Crippen LogP contribution in [0.2, 0.25) is 0 Å². The van der Waals surface area contributed by atoms with Crippen molar-refractivity contribution in [3.8, 4) is 0 Å². The van der Waals surface area contributed by atoms with E-state index in [1.807, 2.05) is 0 Å². The van der Waals surface area contributed by atoms with E-state index in [4.69, 9.17) is 5.73 Å². The summed E-state index contributed by atoms with van der Waals surface area (Å²) in [7, 11) is -3.65. The molecular formula is C12H12BrN3O2S. The van der Waals surface area contributed by atoms with Crippen molar-refractivity contribution in [1.29, 1.82) is 0 Å². The quantitative estimate of drug-likeness (QED) is 0.891. The average Bonchev–Trinajstić information content (AvgIpc) is 2.38. The van der Waals surface area contributed by atoms with Crippen molar-refractivity contribution in [2.45, 2.75) is 11.4 Å². The number of nitrogens with two attached hydrogens (primary N) is 1. The van der Waals surface area contributed by atoms with Crippen molar-refractivity contribution in [3.05, 3.63) is 52.8 Å². The second-order valence-corrected chi connectivity index (χ2v) is 6.32. The summed E-state index contributed by atoms with van der Waals surface area (Å²) in [4.78, 5) is 4.02. The molecule has 2 rings (SSSR count). The van der Waals surface area contributed by atoms with Gasteiger partial charge in [0.2, 0.25) is 0 Å². The van der Waals surface area contributed by atoms with Crippen LogP contribution in [-0.2, 0) is 16.6 Å². The van der Waals surface area contributed by atoms with Crippen LogP contribution in [0.25, 0.3) is 0 Å². The van der Waals surface area contributed by atoms with Gasteiger partial charge in [-0.2, -0.15) is 0 Å². The fourth-order valence-electron chi connectivity index (χ4n) is 1.52. The highest BCUT2D eigenvalue weighted by Gasteiger charge is 2.17. The molecule has 100 valence electrons. The maximum absolute atomic E-state index is 12.2. The van der Waals surface area contributed by atoms with Crippen molar-refractivity contribution in [2.24, 2.45) is 5.73 Å². The number of anilines is 1. The Bertz CT molecular complexity index is 675. The predicted octanol–water partition coefficient (Wildman–Crippen LogP) is 2.10. The van der Waals surface area contributed by atoms with Crippen LogP contribution in [0.1, 0.15) is 5.56 Å². The summed E-state index contributed by atoms with van der Waals surface area (Å²) in [6.07, 6.45) is 3.02. The van der Waals surface area contributed by atoms with Crippen LogP contribution in [0, 0.1) is 0 Å². The third-order valence-electron chi connectivity index (χ3n) is 2.44. The minimum Gasteiger partial charge on any atom is -0.326 e. The van der Waals surface area contributed by atoms with Crippen LogP contribution in [0.3, 0.4) is 0 Å². The number of hydrogen-bond acceptors (Lipinski definition) is 4. The number of nitrogens with zero attached hydrogens (tertiary/aromatic N) is 1. The van der Waals surface area contributed by atoms with E-state index in [0.717, 1.165) is 5.56 Å². The third-order valence-corrected chi connectivity index (χ3v) is 4.79. The molecule has 0 amide bonds. The summed E-state index contributed by atoms with van der Waals surface area (Å²) in [6.45, 7) is 0.356. The first-order chi connectivity index (χ1) is 9.03. The van der Waals surface area contributed by atoms with Crippen LogP contribution >= 0.6 is 15.9 Å². The highest BCUT2D eigenvalue weighted by atomic mass is 79.9. The number of hydrogen-bond donors (Lipinski definition) is 2. The summed E-state index contributed by atoms with van der Waals surface area (Å²) in [5.41, 5.74) is 6.78. The van der Waals surface area contributed by atoms with Crippen LogP contribution in [-0.4, -0.2) is 13.4 Å². The number of benzene rings is 1. The van der Waals surface area contributed by atoms with Gasteiger partial charge in [0, 0.05) is 17.2 Å². The minimum atomic E-state index is -3.65. The first-order valence-corrected chi connectivity index (χ1v) is 7.72. The Morgan fingerprint density at radius 2 is 2.11 bits per heavy atom. The van der Waals surface area contributed by atoms with Gasteiger partial charge in [0.05, 0.1) is 11.9 Å². The molecule has 0 aliphatic rings. The number of halogens is 1. The summed E-state index contributed by atoms with van der Waals surface area (Å²) in [5.74, 6) is 0. The van der Waals surface area contributed by atoms with Gasteiger partial charge >= 0.3 is 0 Å². The Balaban J connectivity index is 2.35. The maximum atomic E-state index is 12.2. The van der Waals surface area contributed by atoms with Gasteiger partial charge < -0.3 is 5.73 Å². The van der Waals surface area contributed by atoms with Gasteiger partial charge in [0.15, 0.2) is 0 Å². The average molecular weight is 342 g/mol. The molecule has 2 aromatic rings. The summed E-state index contributed by atoms with van der Waals surface area (Å²) in [6, 6.07) is 8.18. The van der Waals surface area contributed by atoms with Gasteiger partial charge in [0.25, 0.3) is 10.0 Å². The van der Waals surface area contributed by atoms with Crippen molar-refractivity contribution < 1.29 is 8.42 Å². The molecule has 0 atom stereocenters. The number of pyridine rings is 1. The lowest BCUT2D eigenvalue weighted by molar-refractivity contribution is 0.600. The lowest BCUT2D eigenvalue weighted by Gasteiger charge is -2.10. The molecule has 0 radical (unpaired) electrons. The predicted molar refractivity (Wildman–Crippen MR) is 77.1 cm³/mol. The van der Waals surface area contributed by atoms with Gasteiger partial charge in [-0.05, 0) is 45.8 Å². The van der Waals surface area contributed by atoms with E-state index < -0.39 is 10.0 Å². The fourth-order valence-corrected chi connectivity index (χ4v) is 3.69. The Hall–Kier alpha value is -1.44. The molecular weight excluding hydrogens is 330 g/mol. The minimum absolute atomic E-state index is 0.161. The van der Waals surface area contributed by atoms with E-state index in [1.54, 1.807) is 30.5 Å². The molecule has 19 heavy (non-hydrogen) atoms. The van der Waals surface area contributed by atoms with Gasteiger partial charge in [-0.1, -0.05) is 6.07 Å². The summed E-state index contributed by atoms with van der Waals surface area (Å²) >= 11 is 3.25. The largest absolute Gasteiger partial charge is 0.326 e. The molecule has 7 heteroatoms. The van der Waals surface area contributed by atoms with Crippen LogP contribution in [0.5, 0.6) is 0 Å². The van der Waals surface area contributed by atoms with Gasteiger partial charge in [-0.15, -0.1) is 0 Å². The number of nitrogens with one attached hydrogen (secondary N) is 1. The molecule has 0 fully saturated rings. The standard InChI is InChI=1S/C12H12BrN3O2S/c13-11-6-9(7-14)3-4-12(11)19(17,18)16-10-2-1-5-15-8-10/h1-6,8,16H,7,14H2. The van der Waals surface area contributed by atoms with E-state index in [1.165, 1.54) is 12.3 Å². The number of sulfonamides is 1. The number of aromatic nitrogens is 1. The fraction of sp³-hybridized carbons (Fsp3) is 0.0833. The van der Waals surface area contributed by atoms with Crippen molar-refractivity contribution in [1.82, 2.24) is 4.98 Å². The molecule has 1 aromatic heterocycles. The summed E-state index contributed by atoms with van der Waals surface area (Å²) in [5, 5.41) is 0. The van der Waals surface area contributed by atoms with Crippen LogP contribution in [0.4, 0.5) is 5.69 Å². The zero-order chi connectivity index (χ0) is 13.9. The zero-order valence-electron chi connectivity index (χ0n) is 9.88. The second kappa shape index (κ2) is 5.68. The van der Waals surface area contributed by atoms with Crippen molar-refractivity contribution in [2.75, 3.05) is 4.72 Å². The lowest BCUT2D eigenvalue weighted by Crippen LogP contribution is -2.14. The number of rotatable bonds is 4. The topological polar surface area (TPSA) is 85.1 Å². The van der Waals surface area contributed by atoms with Crippen LogP contribution in [0.15, 0.2) is 52.1 Å². The van der Waals surface area contributed by atoms with Crippen molar-refractivity contribution >= 4 is 31.6 Å². The molecule has 0 spiro atoms. The van der Waals surface area contributed by atoms with E-state index in [9.17, 15) is 8.42 Å². The molecule has 0 aliphatic carbocycles. The second-order valence-electron chi connectivity index (χ2n) is 3.82. The Kier molecular flexibility index (Phi) is 4.18. The molecule has 3 N–H and O–H groups in total. The first kappa shape index (κ1) is 14.0. The monoisotopic (exact) mass is 341 g/mol. The van der Waals surface area contributed by atoms with Gasteiger partial charge in [-0.25, -0.2) is 8.42 Å². The first-order valence-electron chi connectivity index (χ1n) is 5.44. The molecule has 1 heterocycles. The normalized spacial score (nSPS) is 11.3. The smallest absolute Gasteiger partial charge is 0.263 e. The highest BCUT2D eigenvalue weighted by Crippen LogP contribution is 2.25. The molecule has 1 aromatic carbocycles. The van der Waals surface area contributed by atoms with E-state index in [-0.39, 0.29) is 4.90 Å². The van der Waals surface area contributed by atoms with E-state index in [2.05, 4.69) is 25.6 Å². The maximum Gasteiger partial charge on any atom is 0.263 e. The summed E-state index contributed by atoms with van der Waals surface area (Å²) < 4.78 is 27.4. The molecule has 0 saturated carbocycles. The van der Waals surface area contributed by atoms with Crippen molar-refractivity contribution in [3.63, 3.8) is 0 Å². The Labute approximate surface area is 120 Å². The van der Waals surface area contributed by atoms with E-state index in [0.29, 0.717) is 16.7 Å².